The van der Waals surface area contributed by atoms with Crippen LogP contribution in [0.1, 0.15) is 144 Å². The van der Waals surface area contributed by atoms with E-state index in [4.69, 9.17) is 18.3 Å². The molecule has 0 aromatic carbocycles. The summed E-state index contributed by atoms with van der Waals surface area (Å²) in [6.45, 7) is 10.3. The molecule has 0 amide bonds. The van der Waals surface area contributed by atoms with E-state index in [1.54, 1.807) is 6.92 Å². The lowest BCUT2D eigenvalue weighted by molar-refractivity contribution is 0.0589. The van der Waals surface area contributed by atoms with Crippen LogP contribution in [0.15, 0.2) is 0 Å². The molecule has 3 unspecified atom stereocenters. The molecule has 0 N–H and O–H groups in total. The average molecular weight is 553 g/mol. The molecule has 0 aliphatic carbocycles. The summed E-state index contributed by atoms with van der Waals surface area (Å²) in [7, 11) is -4.04. The van der Waals surface area contributed by atoms with Gasteiger partial charge in [0, 0.05) is 5.25 Å². The van der Waals surface area contributed by atoms with Crippen molar-refractivity contribution in [2.24, 2.45) is 0 Å². The third kappa shape index (κ3) is 20.8. The van der Waals surface area contributed by atoms with E-state index < -0.39 is 14.0 Å². The Morgan fingerprint density at radius 3 is 1.81 bits per heavy atom. The smallest absolute Gasteiger partial charge is 0.434 e. The van der Waals surface area contributed by atoms with Crippen molar-refractivity contribution in [2.75, 3.05) is 19.0 Å². The molecular weight excluding hydrogens is 495 g/mol. The van der Waals surface area contributed by atoms with E-state index in [0.29, 0.717) is 6.42 Å². The van der Waals surface area contributed by atoms with E-state index in [9.17, 15) is 9.36 Å². The van der Waals surface area contributed by atoms with Gasteiger partial charge in [-0.25, -0.2) is 9.36 Å². The van der Waals surface area contributed by atoms with E-state index in [2.05, 4.69) is 13.8 Å². The molecule has 0 aromatic rings. The lowest BCUT2D eigenvalue weighted by Gasteiger charge is -2.27. The molecule has 0 radical (unpaired) electrons. The highest BCUT2D eigenvalue weighted by Crippen LogP contribution is 2.52. The molecule has 0 rings (SSSR count). The summed E-state index contributed by atoms with van der Waals surface area (Å²) in [5.74, 6) is 1.06. The summed E-state index contributed by atoms with van der Waals surface area (Å²) in [4.78, 5) is 11.9. The van der Waals surface area contributed by atoms with Crippen LogP contribution in [0.4, 0.5) is 4.79 Å². The van der Waals surface area contributed by atoms with Gasteiger partial charge in [-0.15, -0.1) is 0 Å². The minimum atomic E-state index is -4.04. The Kier molecular flexibility index (Phi) is 24.9. The van der Waals surface area contributed by atoms with Crippen molar-refractivity contribution in [3.63, 3.8) is 0 Å². The van der Waals surface area contributed by atoms with Crippen molar-refractivity contribution < 1.29 is 27.7 Å². The van der Waals surface area contributed by atoms with Gasteiger partial charge in [0.05, 0.1) is 19.3 Å². The molecule has 0 bridgehead atoms. The van der Waals surface area contributed by atoms with Crippen LogP contribution in [0, 0.1) is 0 Å². The molecular formula is C28H57O6PS. The minimum absolute atomic E-state index is 0.136. The van der Waals surface area contributed by atoms with Crippen molar-refractivity contribution in [3.8, 4) is 0 Å². The highest BCUT2D eigenvalue weighted by atomic mass is 32.2. The number of thioether (sulfide) groups is 1. The number of phosphoric acid groups is 1. The van der Waals surface area contributed by atoms with Crippen LogP contribution >= 0.6 is 19.6 Å². The topological polar surface area (TPSA) is 71.1 Å². The van der Waals surface area contributed by atoms with Gasteiger partial charge in [0.1, 0.15) is 0 Å². The van der Waals surface area contributed by atoms with Crippen LogP contribution in [0.3, 0.4) is 0 Å². The first-order chi connectivity index (χ1) is 17.4. The Balaban J connectivity index is 4.74. The van der Waals surface area contributed by atoms with E-state index in [-0.39, 0.29) is 24.6 Å². The fourth-order valence-electron chi connectivity index (χ4n) is 4.02. The number of hydrogen-bond donors (Lipinski definition) is 0. The van der Waals surface area contributed by atoms with Gasteiger partial charge in [-0.05, 0) is 38.9 Å². The molecule has 3 atom stereocenters. The van der Waals surface area contributed by atoms with Gasteiger partial charge in [-0.2, -0.15) is 11.8 Å². The summed E-state index contributed by atoms with van der Waals surface area (Å²) >= 11 is 1.89. The summed E-state index contributed by atoms with van der Waals surface area (Å²) < 4.78 is 34.3. The predicted molar refractivity (Wildman–Crippen MR) is 154 cm³/mol. The first-order valence-electron chi connectivity index (χ1n) is 14.8. The molecule has 36 heavy (non-hydrogen) atoms. The Hall–Kier alpha value is -0.230. The van der Waals surface area contributed by atoms with Crippen LogP contribution < -0.4 is 0 Å². The van der Waals surface area contributed by atoms with Gasteiger partial charge >= 0.3 is 14.0 Å². The summed E-state index contributed by atoms with van der Waals surface area (Å²) in [6.07, 6.45) is 19.5. The van der Waals surface area contributed by atoms with Crippen molar-refractivity contribution in [1.82, 2.24) is 0 Å². The first kappa shape index (κ1) is 35.8. The van der Waals surface area contributed by atoms with E-state index in [1.807, 2.05) is 25.6 Å². The van der Waals surface area contributed by atoms with Gasteiger partial charge < -0.3 is 9.26 Å². The summed E-state index contributed by atoms with van der Waals surface area (Å²) in [5.41, 5.74) is 0. The highest BCUT2D eigenvalue weighted by molar-refractivity contribution is 7.99. The van der Waals surface area contributed by atoms with E-state index in [1.165, 1.54) is 89.9 Å². The molecule has 8 heteroatoms. The Morgan fingerprint density at radius 2 is 1.28 bits per heavy atom. The van der Waals surface area contributed by atoms with Crippen LogP contribution in [0.2, 0.25) is 0 Å². The van der Waals surface area contributed by atoms with Gasteiger partial charge in [-0.1, -0.05) is 111 Å². The number of carbonyl (C=O) groups is 1. The summed E-state index contributed by atoms with van der Waals surface area (Å²) in [6, 6.07) is 0. The predicted octanol–water partition coefficient (Wildman–Crippen LogP) is 10.5. The van der Waals surface area contributed by atoms with Crippen LogP contribution in [-0.4, -0.2) is 36.5 Å². The first-order valence-corrected chi connectivity index (χ1v) is 17.3. The Bertz CT molecular complexity index is 548. The average Bonchev–Trinajstić information content (AvgIpc) is 2.84. The molecule has 6 nitrogen and oxygen atoms in total. The molecule has 0 aliphatic rings. The number of carbonyl (C=O) groups excluding carboxylic acids is 1. The molecule has 0 fully saturated rings. The van der Waals surface area contributed by atoms with E-state index >= 15 is 0 Å². The zero-order valence-electron chi connectivity index (χ0n) is 24.1. The van der Waals surface area contributed by atoms with Gasteiger partial charge in [0.25, 0.3) is 0 Å². The standard InChI is InChI=1S/C28H57O6PS/c1-6-10-12-14-16-17-18-20-22-25-36-27(23-21-19-15-13-11-7-2)26(5)33-35(30,32-24-8-3)34-28(29)31-9-4/h26-27H,6-25H2,1-5H3. The number of rotatable bonds is 26. The summed E-state index contributed by atoms with van der Waals surface area (Å²) in [5, 5.41) is 0.176. The second kappa shape index (κ2) is 25.1. The molecule has 0 saturated carbocycles. The Labute approximate surface area is 227 Å². The lowest BCUT2D eigenvalue weighted by Crippen LogP contribution is -2.24. The van der Waals surface area contributed by atoms with Crippen LogP contribution in [0.5, 0.6) is 0 Å². The lowest BCUT2D eigenvalue weighted by atomic mass is 10.1. The fourth-order valence-corrected chi connectivity index (χ4v) is 6.78. The number of phosphoric ester groups is 1. The van der Waals surface area contributed by atoms with Crippen molar-refractivity contribution in [2.45, 2.75) is 155 Å². The quantitative estimate of drug-likeness (QED) is 0.0600. The molecule has 216 valence electrons. The zero-order valence-corrected chi connectivity index (χ0v) is 25.8. The maximum absolute atomic E-state index is 13.2. The third-order valence-corrected chi connectivity index (χ3v) is 9.18. The maximum Gasteiger partial charge on any atom is 0.534 e. The number of unbranched alkanes of at least 4 members (excludes halogenated alkanes) is 13. The Morgan fingerprint density at radius 1 is 0.750 bits per heavy atom. The largest absolute Gasteiger partial charge is 0.534 e. The van der Waals surface area contributed by atoms with Crippen LogP contribution in [0.25, 0.3) is 0 Å². The second-order valence-electron chi connectivity index (χ2n) is 9.66. The highest BCUT2D eigenvalue weighted by Gasteiger charge is 2.36. The minimum Gasteiger partial charge on any atom is -0.434 e. The molecule has 0 spiro atoms. The third-order valence-electron chi connectivity index (χ3n) is 6.14. The van der Waals surface area contributed by atoms with Crippen molar-refractivity contribution in [1.29, 1.82) is 0 Å². The normalized spacial score (nSPS) is 14.8. The maximum atomic E-state index is 13.2. The van der Waals surface area contributed by atoms with Crippen molar-refractivity contribution in [3.05, 3.63) is 0 Å². The second-order valence-corrected chi connectivity index (χ2v) is 12.6. The van der Waals surface area contributed by atoms with Crippen molar-refractivity contribution >= 4 is 25.7 Å². The molecule has 0 saturated heterocycles. The fraction of sp³-hybridized carbons (Fsp3) is 0.964. The monoisotopic (exact) mass is 552 g/mol. The molecule has 0 aliphatic heterocycles. The van der Waals surface area contributed by atoms with Crippen LogP contribution in [-0.2, 0) is 22.9 Å². The number of ether oxygens (including phenoxy) is 1. The number of hydrogen-bond acceptors (Lipinski definition) is 7. The van der Waals surface area contributed by atoms with Gasteiger partial charge in [0.2, 0.25) is 0 Å². The molecule has 0 aromatic heterocycles. The van der Waals surface area contributed by atoms with Gasteiger partial charge in [-0.3, -0.25) is 9.05 Å². The zero-order chi connectivity index (χ0) is 26.9. The van der Waals surface area contributed by atoms with Gasteiger partial charge in [0.15, 0.2) is 0 Å². The van der Waals surface area contributed by atoms with E-state index in [0.717, 1.165) is 18.6 Å². The SMILES string of the molecule is CCCCCCCCCCCSC(CCCCCCCC)C(C)OP(=O)(OCCC)OC(=O)OCC. The molecule has 0 heterocycles.